The number of aliphatic hydroxyl groups is 1. The Hall–Kier alpha value is -4.09. The molecule has 3 aromatic carbocycles. The second kappa shape index (κ2) is 34.3. The maximum atomic E-state index is 12.7. The Balaban J connectivity index is -0.000000579. The van der Waals surface area contributed by atoms with Crippen molar-refractivity contribution in [1.82, 2.24) is 0 Å². The number of isocyanates is 1. The molecule has 0 aliphatic carbocycles. The quantitative estimate of drug-likeness (QED) is 0.0369. The molecular weight excluding hydrogens is 786 g/mol. The molecule has 3 rings (SSSR count). The Morgan fingerprint density at radius 2 is 1.25 bits per heavy atom. The predicted octanol–water partition coefficient (Wildman–Crippen LogP) is 5.49. The normalized spacial score (nSPS) is 8.38. The number of carbonyl (C=O) groups excluding carboxylic acids is 3. The molecule has 0 spiro atoms. The monoisotopic (exact) mass is 811 g/mol. The minimum absolute atomic E-state index is 0. The fraction of sp³-hybridized carbons (Fsp3) is 0.222. The summed E-state index contributed by atoms with van der Waals surface area (Å²) in [6.07, 6.45) is 0.00823. The van der Waals surface area contributed by atoms with Gasteiger partial charge < -0.3 is 25.6 Å². The maximum absolute atomic E-state index is 12.7. The molecule has 2 amide bonds. The summed E-state index contributed by atoms with van der Waals surface area (Å²) in [6.45, 7) is 0.555. The van der Waals surface area contributed by atoms with E-state index in [4.69, 9.17) is 26.4 Å². The van der Waals surface area contributed by atoms with E-state index in [2.05, 4.69) is 62.2 Å². The number of halogens is 5. The number of ether oxygens (including phenoxy) is 2. The minimum Gasteiger partial charge on any atom is -0.449 e. The van der Waals surface area contributed by atoms with Crippen molar-refractivity contribution in [2.24, 2.45) is 10.1 Å². The van der Waals surface area contributed by atoms with Crippen LogP contribution in [-0.4, -0.2) is 60.4 Å². The van der Waals surface area contributed by atoms with Crippen LogP contribution < -0.4 is 40.2 Å². The van der Waals surface area contributed by atoms with Crippen LogP contribution in [0.25, 0.3) is 26.4 Å². The van der Waals surface area contributed by atoms with E-state index in [-0.39, 0.29) is 61.6 Å². The van der Waals surface area contributed by atoms with Crippen LogP contribution in [0.3, 0.4) is 0 Å². The minimum atomic E-state index is -0.723. The molecule has 0 saturated carbocycles. The molecule has 0 heterocycles. The third-order valence-electron chi connectivity index (χ3n) is 4.01. The first-order chi connectivity index (χ1) is 22.6. The van der Waals surface area contributed by atoms with Crippen LogP contribution >= 0.6 is 31.9 Å². The summed E-state index contributed by atoms with van der Waals surface area (Å²) in [5.41, 5.74) is 22.4. The van der Waals surface area contributed by atoms with Gasteiger partial charge in [0, 0.05) is 33.0 Å². The van der Waals surface area contributed by atoms with Gasteiger partial charge in [0.1, 0.15) is 24.1 Å². The summed E-state index contributed by atoms with van der Waals surface area (Å²) in [5, 5.41) is 17.0. The number of azide groups is 1. The first-order valence-electron chi connectivity index (χ1n) is 12.5. The van der Waals surface area contributed by atoms with Gasteiger partial charge in [0.2, 0.25) is 6.08 Å². The third-order valence-corrected chi connectivity index (χ3v) is 4.69. The zero-order valence-electron chi connectivity index (χ0n) is 25.2. The van der Waals surface area contributed by atoms with Crippen molar-refractivity contribution >= 4 is 67.2 Å². The number of aliphatic imine (C=N–C) groups is 1. The second-order valence-corrected chi connectivity index (χ2v) is 8.96. The molecule has 0 fully saturated rings. The van der Waals surface area contributed by atoms with E-state index >= 15 is 0 Å². The Morgan fingerprint density at radius 3 is 1.62 bits per heavy atom. The number of hydrogen-bond donors (Lipinski definition) is 3. The number of carbonyl (C=O) groups is 2. The Labute approximate surface area is 311 Å². The van der Waals surface area contributed by atoms with Crippen LogP contribution in [0.2, 0.25) is 0 Å². The first kappa shape index (κ1) is 48.3. The molecule has 15 nitrogen and oxygen atoms in total. The van der Waals surface area contributed by atoms with Crippen LogP contribution in [0, 0.1) is 17.5 Å². The van der Waals surface area contributed by atoms with Crippen LogP contribution in [0.15, 0.2) is 82.9 Å². The summed E-state index contributed by atoms with van der Waals surface area (Å²) in [6, 6.07) is 16.5. The average molecular weight is 813 g/mol. The third kappa shape index (κ3) is 30.6. The van der Waals surface area contributed by atoms with Crippen molar-refractivity contribution < 1.29 is 71.7 Å². The van der Waals surface area contributed by atoms with Crippen LogP contribution in [0.1, 0.15) is 0 Å². The van der Waals surface area contributed by atoms with Crippen LogP contribution in [-0.2, 0) is 14.3 Å². The number of amides is 2. The van der Waals surface area contributed by atoms with E-state index in [9.17, 15) is 27.6 Å². The molecule has 0 bridgehead atoms. The summed E-state index contributed by atoms with van der Waals surface area (Å²) >= 11 is 6.11. The first-order valence-corrected chi connectivity index (χ1v) is 14.8. The second-order valence-electron chi connectivity index (χ2n) is 7.37. The number of alkyl halides is 2. The fourth-order valence-corrected chi connectivity index (χ4v) is 2.56. The van der Waals surface area contributed by atoms with Gasteiger partial charge in [0.15, 0.2) is 0 Å². The molecule has 48 heavy (non-hydrogen) atoms. The molecule has 0 aromatic heterocycles. The van der Waals surface area contributed by atoms with Gasteiger partial charge in [-0.05, 0) is 54.1 Å². The van der Waals surface area contributed by atoms with Crippen LogP contribution in [0.4, 0.5) is 39.8 Å². The molecule has 0 atom stereocenters. The van der Waals surface area contributed by atoms with E-state index in [1.165, 1.54) is 65.6 Å². The van der Waals surface area contributed by atoms with Crippen molar-refractivity contribution in [1.29, 1.82) is 0 Å². The fourth-order valence-electron chi connectivity index (χ4n) is 2.39. The molecule has 21 heteroatoms. The van der Waals surface area contributed by atoms with Gasteiger partial charge in [-0.1, -0.05) is 55.2 Å². The van der Waals surface area contributed by atoms with E-state index in [0.717, 1.165) is 12.1 Å². The Morgan fingerprint density at radius 1 is 0.812 bits per heavy atom. The number of aliphatic hydroxyl groups excluding tert-OH is 1. The van der Waals surface area contributed by atoms with Crippen molar-refractivity contribution in [3.63, 3.8) is 0 Å². The smallest absolute Gasteiger partial charge is 0.449 e. The van der Waals surface area contributed by atoms with Crippen molar-refractivity contribution in [2.75, 3.05) is 47.7 Å². The van der Waals surface area contributed by atoms with E-state index in [0.29, 0.717) is 22.0 Å². The van der Waals surface area contributed by atoms with Gasteiger partial charge in [-0.25, -0.2) is 27.6 Å². The number of anilines is 2. The molecule has 3 aromatic rings. The summed E-state index contributed by atoms with van der Waals surface area (Å²) in [7, 11) is 0. The topological polar surface area (TPSA) is 234 Å². The zero-order valence-corrected chi connectivity index (χ0v) is 30.4. The summed E-state index contributed by atoms with van der Waals surface area (Å²) in [5.74, 6) is -1.26. The van der Waals surface area contributed by atoms with E-state index < -0.39 is 29.6 Å². The number of rotatable bonds is 9. The molecule has 0 radical (unpaired) electrons. The molecule has 0 aliphatic rings. The van der Waals surface area contributed by atoms with Gasteiger partial charge >= 0.3 is 41.7 Å². The summed E-state index contributed by atoms with van der Waals surface area (Å²) < 4.78 is 47.1. The molecular formula is C27H27Br2F3N9NaO6. The number of hydrogen-bond acceptors (Lipinski definition) is 8. The van der Waals surface area contributed by atoms with Crippen molar-refractivity contribution in [2.45, 2.75) is 0 Å². The van der Waals surface area contributed by atoms with Gasteiger partial charge in [-0.3, -0.25) is 15.5 Å². The number of nitrogens with one attached hydrogen (secondary N) is 2. The number of nitrogens with zero attached hydrogens (tertiary/aromatic N) is 7. The average Bonchev–Trinajstić information content (AvgIpc) is 3.03. The van der Waals surface area contributed by atoms with E-state index in [1.807, 2.05) is 0 Å². The largest absolute Gasteiger partial charge is 1.00 e. The number of benzene rings is 3. The summed E-state index contributed by atoms with van der Waals surface area (Å²) in [4.78, 5) is 39.0. The van der Waals surface area contributed by atoms with Crippen molar-refractivity contribution in [3.8, 4) is 0 Å². The molecule has 0 aliphatic heterocycles. The van der Waals surface area contributed by atoms with Gasteiger partial charge in [-0.15, -0.1) is 0 Å². The Kier molecular flexibility index (Phi) is 34.5. The SMILES string of the molecule is O=C(Nc1cccc(F)c1)OCCBr.O=C=Nc1cccc(F)c1.OCCBr.[N-]=[N+]=NCCOC(=O)Nc1cccc(F)c1.[N-]=[N+]=[N-].[Na+]. The maximum Gasteiger partial charge on any atom is 1.00 e. The van der Waals surface area contributed by atoms with Gasteiger partial charge in [-0.2, -0.15) is 4.99 Å². The van der Waals surface area contributed by atoms with Crippen LogP contribution in [0.5, 0.6) is 0 Å². The standard InChI is InChI=1S/C9H9BrFNO2.C9H9FN4O2.C7H4FNO.C2H5BrO.N3.Na/c10-4-5-14-9(13)12-8-3-1-2-7(11)6-8;10-7-2-1-3-8(6-7)13-9(15)16-5-4-12-14-11;8-6-2-1-3-7(4-6)9-5-10;3-1-2-4;1-3-2;/h1-3,6H,4-5H2,(H,12,13);1-3,6H,4-5H2,(H,13,15);1-4H;4H,1-2H2;;/q;;;;-1;+1. The van der Waals surface area contributed by atoms with E-state index in [1.54, 1.807) is 6.07 Å². The molecule has 0 saturated heterocycles. The molecule has 3 N–H and O–H groups in total. The van der Waals surface area contributed by atoms with Gasteiger partial charge in [0.05, 0.1) is 25.4 Å². The zero-order chi connectivity index (χ0) is 35.7. The van der Waals surface area contributed by atoms with Crippen molar-refractivity contribution in [3.05, 3.63) is 117 Å². The van der Waals surface area contributed by atoms with Gasteiger partial charge in [0.25, 0.3) is 0 Å². The Bertz CT molecular complexity index is 1480. The molecule has 252 valence electrons. The molecule has 0 unspecified atom stereocenters. The predicted molar refractivity (Wildman–Crippen MR) is 176 cm³/mol.